The standard InChI is InChI=1S/C19H19FN2O4/c1-2-26-19(25)15-11-21-10-14(15)18(24)13-7-6-12(9-16(13)20)22-8-4-3-5-17(22)23/h3-9,14-15,21H,2,10-11H2,1H3/t14-,15-/m0/s1. The van der Waals surface area contributed by atoms with Crippen molar-refractivity contribution in [2.24, 2.45) is 11.8 Å². The third-order valence-corrected chi connectivity index (χ3v) is 4.46. The summed E-state index contributed by atoms with van der Waals surface area (Å²) in [6, 6.07) is 8.64. The molecule has 1 N–H and O–H groups in total. The molecule has 1 aromatic carbocycles. The molecule has 6 nitrogen and oxygen atoms in total. The fourth-order valence-corrected chi connectivity index (χ4v) is 3.15. The Morgan fingerprint density at radius 2 is 2.00 bits per heavy atom. The topological polar surface area (TPSA) is 77.4 Å². The predicted molar refractivity (Wildman–Crippen MR) is 92.8 cm³/mol. The highest BCUT2D eigenvalue weighted by molar-refractivity contribution is 6.01. The van der Waals surface area contributed by atoms with E-state index in [2.05, 4.69) is 5.32 Å². The average molecular weight is 358 g/mol. The summed E-state index contributed by atoms with van der Waals surface area (Å²) in [7, 11) is 0. The van der Waals surface area contributed by atoms with Crippen molar-refractivity contribution in [3.05, 3.63) is 64.3 Å². The Balaban J connectivity index is 1.88. The van der Waals surface area contributed by atoms with E-state index in [0.717, 1.165) is 6.07 Å². The highest BCUT2D eigenvalue weighted by Gasteiger charge is 2.39. The minimum absolute atomic E-state index is 0.0965. The Morgan fingerprint density at radius 1 is 1.23 bits per heavy atom. The van der Waals surface area contributed by atoms with Crippen LogP contribution in [0.3, 0.4) is 0 Å². The average Bonchev–Trinajstić information content (AvgIpc) is 3.11. The number of carbonyl (C=O) groups is 2. The van der Waals surface area contributed by atoms with Gasteiger partial charge in [-0.3, -0.25) is 19.0 Å². The molecular weight excluding hydrogens is 339 g/mol. The Morgan fingerprint density at radius 3 is 2.69 bits per heavy atom. The molecule has 0 saturated carbocycles. The molecular formula is C19H19FN2O4. The van der Waals surface area contributed by atoms with E-state index in [1.807, 2.05) is 0 Å². The number of Topliss-reactive ketones (excluding diaryl/α,β-unsaturated/α-hetero) is 1. The van der Waals surface area contributed by atoms with Crippen LogP contribution in [0.2, 0.25) is 0 Å². The van der Waals surface area contributed by atoms with Crippen molar-refractivity contribution in [2.45, 2.75) is 6.92 Å². The number of hydrogen-bond acceptors (Lipinski definition) is 5. The molecule has 1 saturated heterocycles. The molecule has 26 heavy (non-hydrogen) atoms. The highest BCUT2D eigenvalue weighted by Crippen LogP contribution is 2.25. The van der Waals surface area contributed by atoms with Crippen molar-refractivity contribution < 1.29 is 18.7 Å². The largest absolute Gasteiger partial charge is 0.466 e. The molecule has 1 aliphatic heterocycles. The molecule has 0 bridgehead atoms. The Kier molecular flexibility index (Phi) is 5.27. The summed E-state index contributed by atoms with van der Waals surface area (Å²) in [6.45, 7) is 2.54. The summed E-state index contributed by atoms with van der Waals surface area (Å²) in [6.07, 6.45) is 1.52. The molecule has 136 valence electrons. The highest BCUT2D eigenvalue weighted by atomic mass is 19.1. The van der Waals surface area contributed by atoms with E-state index in [-0.39, 0.29) is 17.7 Å². The van der Waals surface area contributed by atoms with Gasteiger partial charge in [-0.15, -0.1) is 0 Å². The summed E-state index contributed by atoms with van der Waals surface area (Å²) in [5.41, 5.74) is -0.0646. The van der Waals surface area contributed by atoms with E-state index in [1.54, 1.807) is 19.1 Å². The third kappa shape index (κ3) is 3.43. The number of rotatable bonds is 5. The number of benzene rings is 1. The maximum Gasteiger partial charge on any atom is 0.311 e. The first-order valence-electron chi connectivity index (χ1n) is 8.42. The van der Waals surface area contributed by atoms with Crippen molar-refractivity contribution >= 4 is 11.8 Å². The van der Waals surface area contributed by atoms with Crippen LogP contribution in [0.5, 0.6) is 0 Å². The molecule has 1 aromatic heterocycles. The number of hydrogen-bond donors (Lipinski definition) is 1. The van der Waals surface area contributed by atoms with Gasteiger partial charge in [0.1, 0.15) is 5.82 Å². The second-order valence-corrected chi connectivity index (χ2v) is 6.06. The maximum absolute atomic E-state index is 14.6. The first-order chi connectivity index (χ1) is 12.5. The van der Waals surface area contributed by atoms with Crippen molar-refractivity contribution in [1.29, 1.82) is 0 Å². The number of carbonyl (C=O) groups excluding carboxylic acids is 2. The molecule has 3 rings (SSSR count). The molecule has 0 aliphatic carbocycles. The normalized spacial score (nSPS) is 19.3. The zero-order valence-corrected chi connectivity index (χ0v) is 14.3. The van der Waals surface area contributed by atoms with Crippen molar-refractivity contribution in [1.82, 2.24) is 9.88 Å². The molecule has 1 fully saturated rings. The number of nitrogens with one attached hydrogen (secondary N) is 1. The zero-order valence-electron chi connectivity index (χ0n) is 14.3. The molecule has 2 heterocycles. The van der Waals surface area contributed by atoms with Gasteiger partial charge in [-0.1, -0.05) is 6.07 Å². The van der Waals surface area contributed by atoms with Crippen LogP contribution in [0.15, 0.2) is 47.4 Å². The molecule has 0 spiro atoms. The van der Waals surface area contributed by atoms with E-state index < -0.39 is 29.4 Å². The van der Waals surface area contributed by atoms with Crippen LogP contribution in [0.25, 0.3) is 5.69 Å². The van der Waals surface area contributed by atoms with Crippen molar-refractivity contribution in [3.8, 4) is 5.69 Å². The molecule has 0 radical (unpaired) electrons. The predicted octanol–water partition coefficient (Wildman–Crippen LogP) is 1.56. The maximum atomic E-state index is 14.6. The quantitative estimate of drug-likeness (QED) is 0.648. The third-order valence-electron chi connectivity index (χ3n) is 4.46. The minimum Gasteiger partial charge on any atom is -0.466 e. The molecule has 0 amide bonds. The van der Waals surface area contributed by atoms with Crippen molar-refractivity contribution in [3.63, 3.8) is 0 Å². The number of aromatic nitrogens is 1. The van der Waals surface area contributed by atoms with Crippen LogP contribution in [-0.2, 0) is 9.53 Å². The lowest BCUT2D eigenvalue weighted by Crippen LogP contribution is -2.30. The second-order valence-electron chi connectivity index (χ2n) is 6.06. The van der Waals surface area contributed by atoms with Crippen LogP contribution in [0.4, 0.5) is 4.39 Å². The van der Waals surface area contributed by atoms with Gasteiger partial charge in [0, 0.05) is 31.3 Å². The van der Waals surface area contributed by atoms with Crippen LogP contribution >= 0.6 is 0 Å². The monoisotopic (exact) mass is 358 g/mol. The smallest absolute Gasteiger partial charge is 0.311 e. The van der Waals surface area contributed by atoms with Gasteiger partial charge in [-0.25, -0.2) is 4.39 Å². The fraction of sp³-hybridized carbons (Fsp3) is 0.316. The van der Waals surface area contributed by atoms with Crippen molar-refractivity contribution in [2.75, 3.05) is 19.7 Å². The Bertz CT molecular complexity index is 893. The molecule has 0 unspecified atom stereocenters. The van der Waals surface area contributed by atoms with E-state index in [1.165, 1.54) is 29.0 Å². The van der Waals surface area contributed by atoms with Crippen LogP contribution < -0.4 is 10.9 Å². The number of nitrogens with zero attached hydrogens (tertiary/aromatic N) is 1. The SMILES string of the molecule is CCOC(=O)[C@H]1CNC[C@@H]1C(=O)c1ccc(-n2ccccc2=O)cc1F. The number of pyridine rings is 1. The number of esters is 1. The first-order valence-corrected chi connectivity index (χ1v) is 8.42. The summed E-state index contributed by atoms with van der Waals surface area (Å²) < 4.78 is 20.9. The van der Waals surface area contributed by atoms with Crippen LogP contribution in [0, 0.1) is 17.7 Å². The van der Waals surface area contributed by atoms with Gasteiger partial charge >= 0.3 is 5.97 Å². The van der Waals surface area contributed by atoms with Crippen LogP contribution in [0.1, 0.15) is 17.3 Å². The van der Waals surface area contributed by atoms with Gasteiger partial charge in [0.05, 0.1) is 23.8 Å². The van der Waals surface area contributed by atoms with E-state index in [9.17, 15) is 18.8 Å². The van der Waals surface area contributed by atoms with E-state index in [4.69, 9.17) is 4.74 Å². The minimum atomic E-state index is -0.724. The molecule has 1 aliphatic rings. The lowest BCUT2D eigenvalue weighted by molar-refractivity contribution is -0.148. The van der Waals surface area contributed by atoms with Gasteiger partial charge in [0.2, 0.25) is 0 Å². The van der Waals surface area contributed by atoms with Gasteiger partial charge in [-0.2, -0.15) is 0 Å². The molecule has 2 aromatic rings. The number of ketones is 1. The first kappa shape index (κ1) is 18.0. The summed E-state index contributed by atoms with van der Waals surface area (Å²) >= 11 is 0. The summed E-state index contributed by atoms with van der Waals surface area (Å²) in [5.74, 6) is -2.92. The Labute approximate surface area is 149 Å². The van der Waals surface area contributed by atoms with Gasteiger partial charge in [0.15, 0.2) is 5.78 Å². The van der Waals surface area contributed by atoms with Gasteiger partial charge < -0.3 is 10.1 Å². The lowest BCUT2D eigenvalue weighted by Gasteiger charge is -2.16. The second kappa shape index (κ2) is 7.61. The summed E-state index contributed by atoms with van der Waals surface area (Å²) in [5, 5.41) is 2.99. The zero-order chi connectivity index (χ0) is 18.7. The summed E-state index contributed by atoms with van der Waals surface area (Å²) in [4.78, 5) is 36.6. The van der Waals surface area contributed by atoms with Gasteiger partial charge in [0.25, 0.3) is 5.56 Å². The van der Waals surface area contributed by atoms with Crippen LogP contribution in [-0.4, -0.2) is 36.0 Å². The van der Waals surface area contributed by atoms with E-state index >= 15 is 0 Å². The van der Waals surface area contributed by atoms with E-state index in [0.29, 0.717) is 18.8 Å². The lowest BCUT2D eigenvalue weighted by atomic mass is 9.88. The number of ether oxygens (including phenoxy) is 1. The molecule has 2 atom stereocenters. The van der Waals surface area contributed by atoms with Gasteiger partial charge in [-0.05, 0) is 31.2 Å². The fourth-order valence-electron chi connectivity index (χ4n) is 3.15. The Hall–Kier alpha value is -2.80. The number of halogens is 1. The molecule has 7 heteroatoms.